The minimum atomic E-state index is 0.0413. The zero-order valence-electron chi connectivity index (χ0n) is 14.0. The maximum Gasteiger partial charge on any atom is 0.253 e. The van der Waals surface area contributed by atoms with Gasteiger partial charge in [0, 0.05) is 26.6 Å². The first-order chi connectivity index (χ1) is 11.2. The van der Waals surface area contributed by atoms with Crippen molar-refractivity contribution < 1.29 is 9.53 Å². The Kier molecular flexibility index (Phi) is 7.48. The van der Waals surface area contributed by atoms with Crippen LogP contribution in [0.2, 0.25) is 0 Å². The number of aromatic nitrogens is 2. The summed E-state index contributed by atoms with van der Waals surface area (Å²) in [5.74, 6) is 0.717. The van der Waals surface area contributed by atoms with E-state index < -0.39 is 0 Å². The molecule has 23 heavy (non-hydrogen) atoms. The van der Waals surface area contributed by atoms with Crippen LogP contribution in [0, 0.1) is 0 Å². The van der Waals surface area contributed by atoms with Crippen LogP contribution in [0.25, 0.3) is 5.57 Å². The molecule has 1 amide bonds. The van der Waals surface area contributed by atoms with Gasteiger partial charge in [0.05, 0.1) is 18.3 Å². The molecule has 2 heterocycles. The maximum atomic E-state index is 10.7. The monoisotopic (exact) mass is 338 g/mol. The van der Waals surface area contributed by atoms with E-state index >= 15 is 0 Å². The first-order valence-corrected chi connectivity index (χ1v) is 8.97. The number of nitrogens with zero attached hydrogens (tertiary/aromatic N) is 3. The summed E-state index contributed by atoms with van der Waals surface area (Å²) in [6.07, 6.45) is 7.50. The minimum Gasteiger partial charge on any atom is -0.475 e. The molecule has 0 radical (unpaired) electrons. The molecule has 0 aliphatic carbocycles. The quantitative estimate of drug-likeness (QED) is 0.700. The Morgan fingerprint density at radius 3 is 2.96 bits per heavy atom. The van der Waals surface area contributed by atoms with Crippen LogP contribution in [0.1, 0.15) is 44.7 Å². The number of unbranched alkanes of at least 4 members (excludes halogenated alkanes) is 3. The van der Waals surface area contributed by atoms with E-state index in [1.807, 2.05) is 0 Å². The normalized spacial score (nSPS) is 15.3. The van der Waals surface area contributed by atoms with E-state index in [9.17, 15) is 4.79 Å². The third kappa shape index (κ3) is 6.27. The first-order valence-electron chi connectivity index (χ1n) is 8.24. The fraction of sp³-hybridized carbons (Fsp3) is 0.688. The van der Waals surface area contributed by atoms with Crippen molar-refractivity contribution in [2.75, 3.05) is 33.3 Å². The lowest BCUT2D eigenvalue weighted by Crippen LogP contribution is -2.25. The topological polar surface area (TPSA) is 67.3 Å². The van der Waals surface area contributed by atoms with Gasteiger partial charge in [-0.15, -0.1) is 4.37 Å². The molecule has 7 heteroatoms. The Morgan fingerprint density at radius 2 is 2.17 bits per heavy atom. The van der Waals surface area contributed by atoms with Crippen LogP contribution < -0.4 is 10.1 Å². The van der Waals surface area contributed by atoms with Gasteiger partial charge < -0.3 is 15.0 Å². The van der Waals surface area contributed by atoms with E-state index in [0.717, 1.165) is 57.4 Å². The average Bonchev–Trinajstić information content (AvgIpc) is 2.98. The number of likely N-dealkylation sites (N-methyl/N-ethyl adjacent to an activating group) is 1. The summed E-state index contributed by atoms with van der Waals surface area (Å²) >= 11 is 1.21. The summed E-state index contributed by atoms with van der Waals surface area (Å²) in [5.41, 5.74) is 2.13. The second-order valence-electron chi connectivity index (χ2n) is 5.92. The van der Waals surface area contributed by atoms with Gasteiger partial charge in [0.1, 0.15) is 5.69 Å². The summed E-state index contributed by atoms with van der Waals surface area (Å²) in [7, 11) is 2.12. The number of hydrogen-bond donors (Lipinski definition) is 1. The summed E-state index contributed by atoms with van der Waals surface area (Å²) < 4.78 is 14.5. The number of hydrogen-bond acceptors (Lipinski definition) is 6. The number of ether oxygens (including phenoxy) is 1. The number of carbonyl (C=O) groups excluding carboxylic acids is 1. The maximum absolute atomic E-state index is 10.7. The Bertz CT molecular complexity index is 530. The van der Waals surface area contributed by atoms with Crippen molar-refractivity contribution in [1.29, 1.82) is 0 Å². The third-order valence-corrected chi connectivity index (χ3v) is 4.30. The zero-order chi connectivity index (χ0) is 16.5. The van der Waals surface area contributed by atoms with E-state index in [1.165, 1.54) is 17.3 Å². The Labute approximate surface area is 142 Å². The number of amides is 1. The average molecular weight is 338 g/mol. The lowest BCUT2D eigenvalue weighted by atomic mass is 10.1. The zero-order valence-corrected chi connectivity index (χ0v) is 14.8. The summed E-state index contributed by atoms with van der Waals surface area (Å²) in [4.78, 5) is 13.0. The molecule has 0 aromatic carbocycles. The molecule has 0 atom stereocenters. The molecule has 0 bridgehead atoms. The molecule has 0 unspecified atom stereocenters. The molecular formula is C16H26N4O2S. The highest BCUT2D eigenvalue weighted by molar-refractivity contribution is 6.99. The van der Waals surface area contributed by atoms with Gasteiger partial charge in [0.15, 0.2) is 0 Å². The van der Waals surface area contributed by atoms with E-state index in [-0.39, 0.29) is 5.91 Å². The van der Waals surface area contributed by atoms with Gasteiger partial charge >= 0.3 is 0 Å². The number of carbonyl (C=O) groups is 1. The molecule has 0 fully saturated rings. The van der Waals surface area contributed by atoms with Gasteiger partial charge in [0.2, 0.25) is 5.91 Å². The molecule has 1 aliphatic heterocycles. The Hall–Kier alpha value is -1.47. The van der Waals surface area contributed by atoms with Gasteiger partial charge in [-0.1, -0.05) is 18.9 Å². The fourth-order valence-corrected chi connectivity index (χ4v) is 3.08. The highest BCUT2D eigenvalue weighted by Crippen LogP contribution is 2.27. The third-order valence-electron chi connectivity index (χ3n) is 3.79. The fourth-order valence-electron chi connectivity index (χ4n) is 2.55. The lowest BCUT2D eigenvalue weighted by Gasteiger charge is -2.22. The molecule has 0 spiro atoms. The predicted octanol–water partition coefficient (Wildman–Crippen LogP) is 2.33. The molecule has 0 saturated heterocycles. The highest BCUT2D eigenvalue weighted by atomic mass is 32.1. The molecular weight excluding hydrogens is 312 g/mol. The second kappa shape index (κ2) is 9.62. The van der Waals surface area contributed by atoms with Gasteiger partial charge in [-0.3, -0.25) is 4.79 Å². The number of rotatable bonds is 9. The minimum absolute atomic E-state index is 0.0413. The van der Waals surface area contributed by atoms with E-state index in [1.54, 1.807) is 6.92 Å². The van der Waals surface area contributed by atoms with Crippen molar-refractivity contribution in [3.63, 3.8) is 0 Å². The SMILES string of the molecule is CC(=O)NCCCCCCOc1nsnc1C1=CCCN(C)C1. The molecule has 6 nitrogen and oxygen atoms in total. The second-order valence-corrected chi connectivity index (χ2v) is 6.45. The largest absolute Gasteiger partial charge is 0.475 e. The molecule has 1 aromatic rings. The van der Waals surface area contributed by atoms with Crippen LogP contribution in [0.15, 0.2) is 6.08 Å². The molecule has 128 valence electrons. The van der Waals surface area contributed by atoms with Gasteiger partial charge in [-0.2, -0.15) is 4.37 Å². The smallest absolute Gasteiger partial charge is 0.253 e. The van der Waals surface area contributed by atoms with Crippen LogP contribution in [0.4, 0.5) is 0 Å². The van der Waals surface area contributed by atoms with Crippen LogP contribution in [-0.2, 0) is 4.79 Å². The van der Waals surface area contributed by atoms with Crippen molar-refractivity contribution in [2.24, 2.45) is 0 Å². The van der Waals surface area contributed by atoms with E-state index in [2.05, 4.69) is 32.1 Å². The highest BCUT2D eigenvalue weighted by Gasteiger charge is 2.18. The van der Waals surface area contributed by atoms with Gasteiger partial charge in [0.25, 0.3) is 5.88 Å². The number of nitrogens with one attached hydrogen (secondary N) is 1. The van der Waals surface area contributed by atoms with Gasteiger partial charge in [-0.05, 0) is 31.9 Å². The van der Waals surface area contributed by atoms with Crippen molar-refractivity contribution >= 4 is 23.2 Å². The predicted molar refractivity (Wildman–Crippen MR) is 92.6 cm³/mol. The molecule has 1 aliphatic rings. The Balaban J connectivity index is 1.66. The van der Waals surface area contributed by atoms with Crippen LogP contribution >= 0.6 is 11.7 Å². The molecule has 0 saturated carbocycles. The summed E-state index contributed by atoms with van der Waals surface area (Å²) in [5, 5.41) is 2.81. The standard InChI is InChI=1S/C16H26N4O2S/c1-13(21)17-9-5-3-4-6-11-22-16-15(18-23-19-16)14-8-7-10-20(2)12-14/h8H,3-7,9-12H2,1-2H3,(H,17,21). The van der Waals surface area contributed by atoms with Gasteiger partial charge in [-0.25, -0.2) is 0 Å². The van der Waals surface area contributed by atoms with Crippen LogP contribution in [0.5, 0.6) is 5.88 Å². The summed E-state index contributed by atoms with van der Waals surface area (Å²) in [6.45, 7) is 4.98. The molecule has 1 aromatic heterocycles. The van der Waals surface area contributed by atoms with E-state index in [0.29, 0.717) is 12.5 Å². The van der Waals surface area contributed by atoms with Crippen molar-refractivity contribution in [1.82, 2.24) is 19.0 Å². The summed E-state index contributed by atoms with van der Waals surface area (Å²) in [6, 6.07) is 0. The van der Waals surface area contributed by atoms with Crippen molar-refractivity contribution in [3.05, 3.63) is 11.8 Å². The molecule has 2 rings (SSSR count). The Morgan fingerprint density at radius 1 is 1.35 bits per heavy atom. The first kappa shape index (κ1) is 17.9. The van der Waals surface area contributed by atoms with Crippen molar-refractivity contribution in [3.8, 4) is 5.88 Å². The van der Waals surface area contributed by atoms with Crippen molar-refractivity contribution in [2.45, 2.75) is 39.0 Å². The van der Waals surface area contributed by atoms with E-state index in [4.69, 9.17) is 4.74 Å². The van der Waals surface area contributed by atoms with Crippen LogP contribution in [-0.4, -0.2) is 52.8 Å². The van der Waals surface area contributed by atoms with Crippen LogP contribution in [0.3, 0.4) is 0 Å². The lowest BCUT2D eigenvalue weighted by molar-refractivity contribution is -0.118. The molecule has 1 N–H and O–H groups in total.